The van der Waals surface area contributed by atoms with E-state index in [1.807, 2.05) is 0 Å². The maximum atomic E-state index is 13.3. The van der Waals surface area contributed by atoms with E-state index in [9.17, 15) is 4.39 Å². The molecule has 0 saturated heterocycles. The summed E-state index contributed by atoms with van der Waals surface area (Å²) >= 11 is 5.98. The van der Waals surface area contributed by atoms with Gasteiger partial charge in [-0.15, -0.1) is 0 Å². The SMILES string of the molecule is NC1(c2nc3cc(F)cc(Cl)c3o2)CCCCCC1. The minimum Gasteiger partial charge on any atom is -0.437 e. The number of hydrogen-bond acceptors (Lipinski definition) is 3. The number of oxazole rings is 1. The Morgan fingerprint density at radius 1 is 1.21 bits per heavy atom. The highest BCUT2D eigenvalue weighted by atomic mass is 35.5. The Morgan fingerprint density at radius 2 is 1.89 bits per heavy atom. The molecule has 1 saturated carbocycles. The highest BCUT2D eigenvalue weighted by Gasteiger charge is 2.33. The zero-order valence-corrected chi connectivity index (χ0v) is 11.3. The van der Waals surface area contributed by atoms with E-state index in [-0.39, 0.29) is 5.02 Å². The Labute approximate surface area is 115 Å². The summed E-state index contributed by atoms with van der Waals surface area (Å²) in [7, 11) is 0. The Balaban J connectivity index is 2.07. The fourth-order valence-electron chi connectivity index (χ4n) is 2.75. The van der Waals surface area contributed by atoms with E-state index in [0.717, 1.165) is 25.7 Å². The van der Waals surface area contributed by atoms with Gasteiger partial charge in [0.2, 0.25) is 5.89 Å². The third-order valence-corrected chi connectivity index (χ3v) is 4.11. The smallest absolute Gasteiger partial charge is 0.215 e. The number of aromatic nitrogens is 1. The number of hydrogen-bond donors (Lipinski definition) is 1. The van der Waals surface area contributed by atoms with Crippen molar-refractivity contribution in [3.8, 4) is 0 Å². The second-order valence-electron chi connectivity index (χ2n) is 5.33. The van der Waals surface area contributed by atoms with Crippen molar-refractivity contribution in [3.63, 3.8) is 0 Å². The van der Waals surface area contributed by atoms with Gasteiger partial charge in [0, 0.05) is 6.07 Å². The first kappa shape index (κ1) is 12.9. The number of nitrogens with zero attached hydrogens (tertiary/aromatic N) is 1. The third kappa shape index (κ3) is 2.35. The normalized spacial score (nSPS) is 19.5. The zero-order valence-electron chi connectivity index (χ0n) is 10.6. The predicted molar refractivity (Wildman–Crippen MR) is 72.5 cm³/mol. The Bertz CT molecular complexity index is 603. The van der Waals surface area contributed by atoms with Gasteiger partial charge in [0.25, 0.3) is 0 Å². The van der Waals surface area contributed by atoms with E-state index in [0.29, 0.717) is 17.0 Å². The molecule has 0 bridgehead atoms. The van der Waals surface area contributed by atoms with E-state index >= 15 is 0 Å². The van der Waals surface area contributed by atoms with Crippen molar-refractivity contribution in [2.24, 2.45) is 5.73 Å². The van der Waals surface area contributed by atoms with Gasteiger partial charge in [0.1, 0.15) is 11.3 Å². The Kier molecular flexibility index (Phi) is 3.23. The Morgan fingerprint density at radius 3 is 2.58 bits per heavy atom. The monoisotopic (exact) mass is 282 g/mol. The molecule has 3 rings (SSSR count). The molecule has 0 radical (unpaired) electrons. The van der Waals surface area contributed by atoms with Crippen LogP contribution in [0.25, 0.3) is 11.1 Å². The van der Waals surface area contributed by atoms with Crippen molar-refractivity contribution in [1.29, 1.82) is 0 Å². The van der Waals surface area contributed by atoms with Crippen LogP contribution >= 0.6 is 11.6 Å². The lowest BCUT2D eigenvalue weighted by Crippen LogP contribution is -2.36. The molecule has 0 aliphatic heterocycles. The summed E-state index contributed by atoms with van der Waals surface area (Å²) in [6, 6.07) is 2.56. The quantitative estimate of drug-likeness (QED) is 0.800. The van der Waals surface area contributed by atoms with Crippen molar-refractivity contribution in [1.82, 2.24) is 4.98 Å². The molecule has 1 aliphatic carbocycles. The molecule has 0 amide bonds. The van der Waals surface area contributed by atoms with E-state index in [1.165, 1.54) is 25.0 Å². The van der Waals surface area contributed by atoms with E-state index in [4.69, 9.17) is 21.8 Å². The average Bonchev–Trinajstić information content (AvgIpc) is 2.66. The fourth-order valence-corrected chi connectivity index (χ4v) is 2.99. The summed E-state index contributed by atoms with van der Waals surface area (Å²) in [5.74, 6) is 0.0705. The molecule has 2 aromatic rings. The van der Waals surface area contributed by atoms with Gasteiger partial charge in [0.05, 0.1) is 10.6 Å². The first-order valence-corrected chi connectivity index (χ1v) is 7.01. The lowest BCUT2D eigenvalue weighted by atomic mass is 9.91. The summed E-state index contributed by atoms with van der Waals surface area (Å²) in [6.45, 7) is 0. The van der Waals surface area contributed by atoms with Crippen LogP contribution in [0.15, 0.2) is 16.5 Å². The minimum absolute atomic E-state index is 0.242. The van der Waals surface area contributed by atoms with Crippen molar-refractivity contribution in [2.75, 3.05) is 0 Å². The van der Waals surface area contributed by atoms with Crippen molar-refractivity contribution in [3.05, 3.63) is 28.9 Å². The molecule has 102 valence electrons. The number of nitrogens with two attached hydrogens (primary N) is 1. The molecule has 19 heavy (non-hydrogen) atoms. The number of halogens is 2. The molecule has 2 N–H and O–H groups in total. The third-order valence-electron chi connectivity index (χ3n) is 3.83. The lowest BCUT2D eigenvalue weighted by molar-refractivity contribution is 0.301. The molecule has 1 aliphatic rings. The van der Waals surface area contributed by atoms with E-state index in [2.05, 4.69) is 4.98 Å². The average molecular weight is 283 g/mol. The highest BCUT2D eigenvalue weighted by Crippen LogP contribution is 2.36. The molecule has 1 fully saturated rings. The number of fused-ring (bicyclic) bond motifs is 1. The maximum absolute atomic E-state index is 13.3. The molecule has 0 unspecified atom stereocenters. The van der Waals surface area contributed by atoms with Crippen LogP contribution < -0.4 is 5.73 Å². The molecule has 1 aromatic carbocycles. The van der Waals surface area contributed by atoms with Crippen LogP contribution in [0.2, 0.25) is 5.02 Å². The summed E-state index contributed by atoms with van der Waals surface area (Å²) < 4.78 is 19.0. The van der Waals surface area contributed by atoms with Gasteiger partial charge in [0.15, 0.2) is 5.58 Å². The van der Waals surface area contributed by atoms with Crippen molar-refractivity contribution in [2.45, 2.75) is 44.1 Å². The van der Waals surface area contributed by atoms with Crippen LogP contribution in [0.3, 0.4) is 0 Å². The summed E-state index contributed by atoms with van der Waals surface area (Å²) in [5, 5.41) is 0.242. The Hall–Kier alpha value is -1.13. The second kappa shape index (κ2) is 4.76. The van der Waals surface area contributed by atoms with Gasteiger partial charge >= 0.3 is 0 Å². The van der Waals surface area contributed by atoms with Gasteiger partial charge in [-0.05, 0) is 18.9 Å². The van der Waals surface area contributed by atoms with Gasteiger partial charge in [-0.25, -0.2) is 9.37 Å². The van der Waals surface area contributed by atoms with Gasteiger partial charge in [-0.1, -0.05) is 37.3 Å². The molecule has 0 spiro atoms. The van der Waals surface area contributed by atoms with Crippen LogP contribution in [-0.4, -0.2) is 4.98 Å². The summed E-state index contributed by atoms with van der Waals surface area (Å²) in [5.41, 5.74) is 6.76. The predicted octanol–water partition coefficient (Wildman–Crippen LogP) is 4.13. The molecule has 3 nitrogen and oxygen atoms in total. The van der Waals surface area contributed by atoms with Gasteiger partial charge in [-0.3, -0.25) is 0 Å². The molecular weight excluding hydrogens is 267 g/mol. The van der Waals surface area contributed by atoms with Gasteiger partial charge in [-0.2, -0.15) is 0 Å². The topological polar surface area (TPSA) is 52.0 Å². The second-order valence-corrected chi connectivity index (χ2v) is 5.73. The number of rotatable bonds is 1. The molecule has 0 atom stereocenters. The van der Waals surface area contributed by atoms with Crippen LogP contribution in [0.4, 0.5) is 4.39 Å². The number of benzene rings is 1. The highest BCUT2D eigenvalue weighted by molar-refractivity contribution is 6.34. The van der Waals surface area contributed by atoms with Crippen LogP contribution in [0.5, 0.6) is 0 Å². The molecular formula is C14H16ClFN2O. The fraction of sp³-hybridized carbons (Fsp3) is 0.500. The maximum Gasteiger partial charge on any atom is 0.215 e. The molecule has 1 aromatic heterocycles. The summed E-state index contributed by atoms with van der Waals surface area (Å²) in [4.78, 5) is 4.36. The van der Waals surface area contributed by atoms with Crippen LogP contribution in [0.1, 0.15) is 44.4 Å². The van der Waals surface area contributed by atoms with Crippen molar-refractivity contribution < 1.29 is 8.81 Å². The molecule has 5 heteroatoms. The van der Waals surface area contributed by atoms with Crippen LogP contribution in [-0.2, 0) is 5.54 Å². The molecule has 1 heterocycles. The van der Waals surface area contributed by atoms with Gasteiger partial charge < -0.3 is 10.2 Å². The van der Waals surface area contributed by atoms with E-state index < -0.39 is 11.4 Å². The first-order chi connectivity index (χ1) is 9.08. The minimum atomic E-state index is -0.546. The standard InChI is InChI=1S/C14H16ClFN2O/c15-10-7-9(16)8-11-12(10)19-13(18-11)14(17)5-3-1-2-4-6-14/h7-8H,1-6,17H2. The van der Waals surface area contributed by atoms with E-state index in [1.54, 1.807) is 0 Å². The van der Waals surface area contributed by atoms with Crippen LogP contribution in [0, 0.1) is 5.82 Å². The summed E-state index contributed by atoms with van der Waals surface area (Å²) in [6.07, 6.45) is 6.21. The van der Waals surface area contributed by atoms with Crippen molar-refractivity contribution >= 4 is 22.7 Å². The largest absolute Gasteiger partial charge is 0.437 e. The lowest BCUT2D eigenvalue weighted by Gasteiger charge is -2.23. The zero-order chi connectivity index (χ0) is 13.5. The first-order valence-electron chi connectivity index (χ1n) is 6.63.